The van der Waals surface area contributed by atoms with Crippen LogP contribution in [0.3, 0.4) is 0 Å². The molecule has 0 radical (unpaired) electrons. The van der Waals surface area contributed by atoms with Gasteiger partial charge in [0, 0.05) is 30.8 Å². The molecule has 2 aliphatic rings. The number of hydrogen-bond acceptors (Lipinski definition) is 2. The van der Waals surface area contributed by atoms with Crippen LogP contribution in [0.5, 0.6) is 0 Å². The second-order valence-electron chi connectivity index (χ2n) is 5.66. The van der Waals surface area contributed by atoms with Gasteiger partial charge in [0.1, 0.15) is 23.0 Å². The summed E-state index contributed by atoms with van der Waals surface area (Å²) in [6.45, 7) is 1.39. The average molecular weight is 298 g/mol. The third-order valence-electron chi connectivity index (χ3n) is 4.34. The molecular weight excluding hydrogens is 281 g/mol. The minimum atomic E-state index is -1.14. The largest absolute Gasteiger partial charge is 0.334 e. The van der Waals surface area contributed by atoms with Crippen molar-refractivity contribution in [1.29, 1.82) is 0 Å². The maximum absolute atomic E-state index is 13.8. The number of benzene rings is 1. The SMILES string of the molecule is O=C(c1c(F)cc(F)cc1F)N1CCCC1C1CCCN1. The highest BCUT2D eigenvalue weighted by molar-refractivity contribution is 5.95. The Labute approximate surface area is 121 Å². The highest BCUT2D eigenvalue weighted by Crippen LogP contribution is 2.28. The Morgan fingerprint density at radius 2 is 1.86 bits per heavy atom. The maximum atomic E-state index is 13.8. The lowest BCUT2D eigenvalue weighted by Gasteiger charge is -2.29. The Morgan fingerprint density at radius 1 is 1.14 bits per heavy atom. The van der Waals surface area contributed by atoms with Gasteiger partial charge in [-0.25, -0.2) is 13.2 Å². The first-order valence-electron chi connectivity index (χ1n) is 7.27. The lowest BCUT2D eigenvalue weighted by Crippen LogP contribution is -2.47. The summed E-state index contributed by atoms with van der Waals surface area (Å²) in [6, 6.07) is 1.25. The van der Waals surface area contributed by atoms with Crippen LogP contribution in [-0.2, 0) is 0 Å². The van der Waals surface area contributed by atoms with Crippen molar-refractivity contribution in [2.75, 3.05) is 13.1 Å². The number of carbonyl (C=O) groups is 1. The van der Waals surface area contributed by atoms with E-state index >= 15 is 0 Å². The molecule has 0 bridgehead atoms. The summed E-state index contributed by atoms with van der Waals surface area (Å²) in [5, 5.41) is 3.33. The first-order chi connectivity index (χ1) is 10.1. The van der Waals surface area contributed by atoms with Crippen LogP contribution in [0, 0.1) is 17.5 Å². The van der Waals surface area contributed by atoms with Crippen LogP contribution < -0.4 is 5.32 Å². The predicted molar refractivity (Wildman–Crippen MR) is 71.4 cm³/mol. The highest BCUT2D eigenvalue weighted by atomic mass is 19.1. The van der Waals surface area contributed by atoms with Gasteiger partial charge in [-0.2, -0.15) is 0 Å². The number of halogens is 3. The van der Waals surface area contributed by atoms with Crippen LogP contribution in [0.2, 0.25) is 0 Å². The van der Waals surface area contributed by atoms with E-state index in [9.17, 15) is 18.0 Å². The minimum absolute atomic E-state index is 0.0381. The molecule has 3 rings (SSSR count). The Bertz CT molecular complexity index is 535. The zero-order valence-corrected chi connectivity index (χ0v) is 11.5. The first kappa shape index (κ1) is 14.4. The fourth-order valence-corrected chi connectivity index (χ4v) is 3.39. The fraction of sp³-hybridized carbons (Fsp3) is 0.533. The van der Waals surface area contributed by atoms with Gasteiger partial charge in [0.25, 0.3) is 5.91 Å². The number of nitrogens with one attached hydrogen (secondary N) is 1. The van der Waals surface area contributed by atoms with E-state index in [1.54, 1.807) is 0 Å². The number of hydrogen-bond donors (Lipinski definition) is 1. The molecule has 2 aliphatic heterocycles. The molecule has 3 nitrogen and oxygen atoms in total. The van der Waals surface area contributed by atoms with Crippen LogP contribution in [0.1, 0.15) is 36.0 Å². The van der Waals surface area contributed by atoms with Gasteiger partial charge in [0.15, 0.2) is 0 Å². The molecule has 1 amide bonds. The van der Waals surface area contributed by atoms with E-state index in [0.29, 0.717) is 18.7 Å². The average Bonchev–Trinajstić information content (AvgIpc) is 3.08. The lowest BCUT2D eigenvalue weighted by atomic mass is 10.0. The van der Waals surface area contributed by atoms with Gasteiger partial charge < -0.3 is 10.2 Å². The van der Waals surface area contributed by atoms with Crippen molar-refractivity contribution in [3.8, 4) is 0 Å². The van der Waals surface area contributed by atoms with E-state index in [4.69, 9.17) is 0 Å². The summed E-state index contributed by atoms with van der Waals surface area (Å²) in [6.07, 6.45) is 3.65. The second-order valence-corrected chi connectivity index (χ2v) is 5.66. The molecule has 2 unspecified atom stereocenters. The fourth-order valence-electron chi connectivity index (χ4n) is 3.39. The molecule has 2 atom stereocenters. The summed E-state index contributed by atoms with van der Waals surface area (Å²) in [5.41, 5.74) is -0.652. The smallest absolute Gasteiger partial charge is 0.260 e. The van der Waals surface area contributed by atoms with Gasteiger partial charge in [0.2, 0.25) is 0 Å². The van der Waals surface area contributed by atoms with Crippen LogP contribution in [0.4, 0.5) is 13.2 Å². The summed E-state index contributed by atoms with van der Waals surface area (Å²) in [7, 11) is 0. The third-order valence-corrected chi connectivity index (χ3v) is 4.34. The zero-order valence-electron chi connectivity index (χ0n) is 11.5. The molecule has 0 spiro atoms. The van der Waals surface area contributed by atoms with E-state index in [0.717, 1.165) is 32.2 Å². The third kappa shape index (κ3) is 2.64. The van der Waals surface area contributed by atoms with Crippen LogP contribution in [-0.4, -0.2) is 36.0 Å². The molecular formula is C15H17F3N2O. The summed E-state index contributed by atoms with van der Waals surface area (Å²) >= 11 is 0. The molecule has 1 aromatic rings. The van der Waals surface area contributed by atoms with E-state index in [2.05, 4.69) is 5.32 Å². The van der Waals surface area contributed by atoms with Crippen molar-refractivity contribution in [1.82, 2.24) is 10.2 Å². The number of carbonyl (C=O) groups excluding carboxylic acids is 1. The van der Waals surface area contributed by atoms with Gasteiger partial charge >= 0.3 is 0 Å². The quantitative estimate of drug-likeness (QED) is 0.909. The molecule has 2 saturated heterocycles. The summed E-state index contributed by atoms with van der Waals surface area (Å²) < 4.78 is 40.5. The topological polar surface area (TPSA) is 32.3 Å². The number of likely N-dealkylation sites (tertiary alicyclic amines) is 1. The molecule has 1 aromatic carbocycles. The Hall–Kier alpha value is -1.56. The summed E-state index contributed by atoms with van der Waals surface area (Å²) in [5.74, 6) is -3.97. The number of nitrogens with zero attached hydrogens (tertiary/aromatic N) is 1. The van der Waals surface area contributed by atoms with Crippen molar-refractivity contribution in [3.63, 3.8) is 0 Å². The molecule has 2 fully saturated rings. The first-order valence-corrected chi connectivity index (χ1v) is 7.27. The van der Waals surface area contributed by atoms with Crippen molar-refractivity contribution in [2.24, 2.45) is 0 Å². The van der Waals surface area contributed by atoms with Gasteiger partial charge in [-0.05, 0) is 32.2 Å². The van der Waals surface area contributed by atoms with Crippen molar-refractivity contribution < 1.29 is 18.0 Å². The van der Waals surface area contributed by atoms with Crippen LogP contribution in [0.15, 0.2) is 12.1 Å². The van der Waals surface area contributed by atoms with Gasteiger partial charge in [0.05, 0.1) is 0 Å². The van der Waals surface area contributed by atoms with Gasteiger partial charge in [-0.3, -0.25) is 4.79 Å². The van der Waals surface area contributed by atoms with Crippen molar-refractivity contribution in [3.05, 3.63) is 35.1 Å². The lowest BCUT2D eigenvalue weighted by molar-refractivity contribution is 0.0701. The maximum Gasteiger partial charge on any atom is 0.260 e. The minimum Gasteiger partial charge on any atom is -0.334 e. The highest BCUT2D eigenvalue weighted by Gasteiger charge is 2.37. The van der Waals surface area contributed by atoms with Crippen LogP contribution >= 0.6 is 0 Å². The Balaban J connectivity index is 1.87. The molecule has 21 heavy (non-hydrogen) atoms. The van der Waals surface area contributed by atoms with Crippen molar-refractivity contribution >= 4 is 5.91 Å². The standard InChI is InChI=1S/C15H17F3N2O/c16-9-7-10(17)14(11(18)8-9)15(21)20-6-2-4-13(20)12-3-1-5-19-12/h7-8,12-13,19H,1-6H2. The van der Waals surface area contributed by atoms with E-state index < -0.39 is 28.9 Å². The predicted octanol–water partition coefficient (Wildman–Crippen LogP) is 2.46. The Kier molecular flexibility index (Phi) is 3.89. The normalized spacial score (nSPS) is 25.6. The molecule has 6 heteroatoms. The van der Waals surface area contributed by atoms with Gasteiger partial charge in [-0.15, -0.1) is 0 Å². The molecule has 114 valence electrons. The van der Waals surface area contributed by atoms with Crippen LogP contribution in [0.25, 0.3) is 0 Å². The molecule has 2 heterocycles. The Morgan fingerprint density at radius 3 is 2.48 bits per heavy atom. The van der Waals surface area contributed by atoms with E-state index in [1.165, 1.54) is 4.90 Å². The summed E-state index contributed by atoms with van der Waals surface area (Å²) in [4.78, 5) is 14.0. The van der Waals surface area contributed by atoms with Crippen molar-refractivity contribution in [2.45, 2.75) is 37.8 Å². The van der Waals surface area contributed by atoms with Gasteiger partial charge in [-0.1, -0.05) is 0 Å². The number of rotatable bonds is 2. The molecule has 1 N–H and O–H groups in total. The second kappa shape index (κ2) is 5.67. The zero-order chi connectivity index (χ0) is 15.0. The number of amides is 1. The monoisotopic (exact) mass is 298 g/mol. The molecule has 0 aliphatic carbocycles. The van der Waals surface area contributed by atoms with E-state index in [1.807, 2.05) is 0 Å². The molecule has 0 saturated carbocycles. The molecule has 0 aromatic heterocycles. The van der Waals surface area contributed by atoms with E-state index in [-0.39, 0.29) is 12.1 Å².